The topological polar surface area (TPSA) is 26.0 Å². The lowest BCUT2D eigenvalue weighted by Crippen LogP contribution is -2.27. The maximum atomic E-state index is 6.17. The highest BCUT2D eigenvalue weighted by molar-refractivity contribution is 6.09. The summed E-state index contributed by atoms with van der Waals surface area (Å²) in [6, 6.07) is 16.6. The molecule has 3 aromatic rings. The Morgan fingerprint density at radius 1 is 0.880 bits per heavy atom. The highest BCUT2D eigenvalue weighted by Crippen LogP contribution is 2.34. The summed E-state index contributed by atoms with van der Waals surface area (Å²) in [5.41, 5.74) is 10.7. The fraction of sp³-hybridized carbons (Fsp3) is 0.417. The lowest BCUT2D eigenvalue weighted by molar-refractivity contribution is 0.579. The molecule has 0 aromatic heterocycles. The molecule has 0 saturated heterocycles. The maximum Gasteiger partial charge on any atom is 0.00825 e. The van der Waals surface area contributed by atoms with Crippen molar-refractivity contribution in [1.82, 2.24) is 0 Å². The summed E-state index contributed by atoms with van der Waals surface area (Å²) in [7, 11) is 0. The highest BCUT2D eigenvalue weighted by atomic mass is 14.6. The van der Waals surface area contributed by atoms with Crippen LogP contribution in [-0.4, -0.2) is 6.04 Å². The third-order valence-electron chi connectivity index (χ3n) is 5.90. The Morgan fingerprint density at radius 3 is 2.56 bits per heavy atom. The predicted octanol–water partition coefficient (Wildman–Crippen LogP) is 5.93. The minimum absolute atomic E-state index is 0.333. The van der Waals surface area contributed by atoms with Gasteiger partial charge in [0.1, 0.15) is 0 Å². The molecule has 1 aliphatic rings. The van der Waals surface area contributed by atoms with Crippen molar-refractivity contribution in [2.24, 2.45) is 5.73 Å². The van der Waals surface area contributed by atoms with Crippen LogP contribution in [0.1, 0.15) is 55.7 Å². The standard InChI is InChI=1S/C24H29N/c1-2-3-4-5-7-17-8-6-9-22-20(17)14-15-23-21-13-11-19(25)16-18(21)10-12-24(22)23/h6,8-10,12,14-15,19H,2-5,7,11,13,16,25H2,1H3. The summed E-state index contributed by atoms with van der Waals surface area (Å²) in [6.07, 6.45) is 9.75. The third kappa shape index (κ3) is 3.18. The number of hydrogen-bond acceptors (Lipinski definition) is 1. The van der Waals surface area contributed by atoms with E-state index in [2.05, 4.69) is 49.4 Å². The summed E-state index contributed by atoms with van der Waals surface area (Å²) in [6.45, 7) is 2.28. The molecule has 0 spiro atoms. The van der Waals surface area contributed by atoms with Gasteiger partial charge in [-0.2, -0.15) is 0 Å². The molecule has 0 fully saturated rings. The second kappa shape index (κ2) is 7.17. The van der Waals surface area contributed by atoms with Gasteiger partial charge in [0, 0.05) is 6.04 Å². The van der Waals surface area contributed by atoms with Crippen molar-refractivity contribution in [1.29, 1.82) is 0 Å². The van der Waals surface area contributed by atoms with E-state index in [9.17, 15) is 0 Å². The molecular weight excluding hydrogens is 302 g/mol. The van der Waals surface area contributed by atoms with E-state index in [1.165, 1.54) is 70.3 Å². The maximum absolute atomic E-state index is 6.17. The number of nitrogens with two attached hydrogens (primary N) is 1. The van der Waals surface area contributed by atoms with E-state index >= 15 is 0 Å². The van der Waals surface area contributed by atoms with Crippen molar-refractivity contribution in [2.45, 2.75) is 64.3 Å². The number of hydrogen-bond donors (Lipinski definition) is 1. The van der Waals surface area contributed by atoms with Gasteiger partial charge in [0.15, 0.2) is 0 Å². The number of rotatable bonds is 5. The first-order valence-corrected chi connectivity index (χ1v) is 9.98. The van der Waals surface area contributed by atoms with E-state index in [1.54, 1.807) is 0 Å². The van der Waals surface area contributed by atoms with Crippen molar-refractivity contribution >= 4 is 21.5 Å². The Morgan fingerprint density at radius 2 is 1.68 bits per heavy atom. The van der Waals surface area contributed by atoms with E-state index in [0.717, 1.165) is 19.3 Å². The van der Waals surface area contributed by atoms with Gasteiger partial charge in [-0.1, -0.05) is 68.7 Å². The SMILES string of the molecule is CCCCCCc1cccc2c1ccc1c3c(ccc12)CC(N)CC3. The minimum atomic E-state index is 0.333. The molecule has 2 N–H and O–H groups in total. The monoisotopic (exact) mass is 331 g/mol. The van der Waals surface area contributed by atoms with Gasteiger partial charge in [0.2, 0.25) is 0 Å². The molecule has 0 heterocycles. The molecule has 1 nitrogen and oxygen atoms in total. The molecule has 1 aliphatic carbocycles. The Bertz CT molecular complexity index is 893. The zero-order chi connectivity index (χ0) is 17.2. The smallest absolute Gasteiger partial charge is 0.00825 e. The fourth-order valence-corrected chi connectivity index (χ4v) is 4.51. The molecule has 0 aliphatic heterocycles. The van der Waals surface area contributed by atoms with Crippen molar-refractivity contribution < 1.29 is 0 Å². The molecule has 3 aromatic carbocycles. The molecule has 4 rings (SSSR count). The molecule has 0 amide bonds. The molecular formula is C24H29N. The van der Waals surface area contributed by atoms with Crippen molar-refractivity contribution in [3.05, 3.63) is 59.2 Å². The van der Waals surface area contributed by atoms with Crippen molar-refractivity contribution in [3.8, 4) is 0 Å². The second-order valence-corrected chi connectivity index (χ2v) is 7.69. The Kier molecular flexibility index (Phi) is 4.76. The first kappa shape index (κ1) is 16.6. The molecule has 0 radical (unpaired) electrons. The molecule has 1 atom stereocenters. The Hall–Kier alpha value is -1.86. The van der Waals surface area contributed by atoms with Crippen molar-refractivity contribution in [2.75, 3.05) is 0 Å². The normalized spacial score (nSPS) is 17.1. The largest absolute Gasteiger partial charge is 0.327 e. The summed E-state index contributed by atoms with van der Waals surface area (Å²) < 4.78 is 0. The van der Waals surface area contributed by atoms with Crippen LogP contribution < -0.4 is 5.73 Å². The third-order valence-corrected chi connectivity index (χ3v) is 5.90. The zero-order valence-electron chi connectivity index (χ0n) is 15.4. The first-order valence-electron chi connectivity index (χ1n) is 9.98. The summed E-state index contributed by atoms with van der Waals surface area (Å²) in [5.74, 6) is 0. The Labute approximate surface area is 151 Å². The molecule has 25 heavy (non-hydrogen) atoms. The fourth-order valence-electron chi connectivity index (χ4n) is 4.51. The van der Waals surface area contributed by atoms with Gasteiger partial charge in [-0.25, -0.2) is 0 Å². The molecule has 1 unspecified atom stereocenters. The number of unbranched alkanes of at least 4 members (excludes halogenated alkanes) is 3. The van der Waals surface area contributed by atoms with E-state index < -0.39 is 0 Å². The van der Waals surface area contributed by atoms with Crippen LogP contribution in [0.5, 0.6) is 0 Å². The van der Waals surface area contributed by atoms with Gasteiger partial charge >= 0.3 is 0 Å². The molecule has 0 saturated carbocycles. The lowest BCUT2D eigenvalue weighted by atomic mass is 9.84. The quantitative estimate of drug-likeness (QED) is 0.455. The molecule has 130 valence electrons. The van der Waals surface area contributed by atoms with Crippen LogP contribution in [0.15, 0.2) is 42.5 Å². The number of aryl methyl sites for hydroxylation is 2. The van der Waals surface area contributed by atoms with Crippen LogP contribution in [0.25, 0.3) is 21.5 Å². The van der Waals surface area contributed by atoms with E-state index in [1.807, 2.05) is 0 Å². The average molecular weight is 332 g/mol. The van der Waals surface area contributed by atoms with Crippen LogP contribution in [-0.2, 0) is 19.3 Å². The van der Waals surface area contributed by atoms with Crippen LogP contribution in [0.4, 0.5) is 0 Å². The van der Waals surface area contributed by atoms with Gasteiger partial charge in [0.05, 0.1) is 0 Å². The van der Waals surface area contributed by atoms with E-state index in [0.29, 0.717) is 6.04 Å². The van der Waals surface area contributed by atoms with Crippen LogP contribution in [0.2, 0.25) is 0 Å². The lowest BCUT2D eigenvalue weighted by Gasteiger charge is -2.23. The van der Waals surface area contributed by atoms with Gasteiger partial charge < -0.3 is 5.73 Å². The van der Waals surface area contributed by atoms with Crippen LogP contribution in [0, 0.1) is 0 Å². The minimum Gasteiger partial charge on any atom is -0.327 e. The van der Waals surface area contributed by atoms with Crippen LogP contribution in [0.3, 0.4) is 0 Å². The zero-order valence-corrected chi connectivity index (χ0v) is 15.4. The van der Waals surface area contributed by atoms with Crippen molar-refractivity contribution in [3.63, 3.8) is 0 Å². The average Bonchev–Trinajstić information content (AvgIpc) is 2.64. The summed E-state index contributed by atoms with van der Waals surface area (Å²) in [5, 5.41) is 5.73. The van der Waals surface area contributed by atoms with E-state index in [-0.39, 0.29) is 0 Å². The predicted molar refractivity (Wildman–Crippen MR) is 109 cm³/mol. The highest BCUT2D eigenvalue weighted by Gasteiger charge is 2.18. The van der Waals surface area contributed by atoms with Gasteiger partial charge in [-0.05, 0) is 70.3 Å². The van der Waals surface area contributed by atoms with Crippen LogP contribution >= 0.6 is 0 Å². The first-order chi connectivity index (χ1) is 12.3. The summed E-state index contributed by atoms with van der Waals surface area (Å²) in [4.78, 5) is 0. The second-order valence-electron chi connectivity index (χ2n) is 7.69. The molecule has 1 heteroatoms. The van der Waals surface area contributed by atoms with E-state index in [4.69, 9.17) is 5.73 Å². The summed E-state index contributed by atoms with van der Waals surface area (Å²) >= 11 is 0. The molecule has 0 bridgehead atoms. The number of benzene rings is 3. The number of fused-ring (bicyclic) bond motifs is 5. The Balaban J connectivity index is 1.77. The van der Waals surface area contributed by atoms with Gasteiger partial charge in [0.25, 0.3) is 0 Å². The van der Waals surface area contributed by atoms with Gasteiger partial charge in [-0.3, -0.25) is 0 Å². The van der Waals surface area contributed by atoms with Gasteiger partial charge in [-0.15, -0.1) is 0 Å².